The van der Waals surface area contributed by atoms with Crippen LogP contribution in [0.4, 0.5) is 5.69 Å². The van der Waals surface area contributed by atoms with Gasteiger partial charge in [-0.15, -0.1) is 0 Å². The molecule has 106 valence electrons. The molecule has 3 atom stereocenters. The molecule has 1 aliphatic carbocycles. The van der Waals surface area contributed by atoms with Gasteiger partial charge in [-0.1, -0.05) is 19.9 Å². The first-order chi connectivity index (χ1) is 9.72. The average Bonchev–Trinajstić information content (AvgIpc) is 2.97. The fourth-order valence-corrected chi connectivity index (χ4v) is 3.07. The number of hydrogen-bond acceptors (Lipinski definition) is 2. The first kappa shape index (κ1) is 13.2. The minimum Gasteiger partial charge on any atom is -0.382 e. The van der Waals surface area contributed by atoms with E-state index in [0.717, 1.165) is 17.5 Å². The number of nitrogens with zero attached hydrogens (tertiary/aromatic N) is 2. The van der Waals surface area contributed by atoms with E-state index in [2.05, 4.69) is 48.5 Å². The summed E-state index contributed by atoms with van der Waals surface area (Å²) >= 11 is 0. The smallest absolute Gasteiger partial charge is 0.0666 e. The molecular formula is C17H23N3. The van der Waals surface area contributed by atoms with Crippen LogP contribution in [-0.2, 0) is 0 Å². The molecule has 1 N–H and O–H groups in total. The highest BCUT2D eigenvalue weighted by Gasteiger charge is 2.24. The second kappa shape index (κ2) is 5.70. The Kier molecular flexibility index (Phi) is 3.77. The maximum atomic E-state index is 4.29. The van der Waals surface area contributed by atoms with Crippen LogP contribution in [-0.4, -0.2) is 15.8 Å². The summed E-state index contributed by atoms with van der Waals surface area (Å²) in [4.78, 5) is 0. The van der Waals surface area contributed by atoms with E-state index in [1.807, 2.05) is 23.1 Å². The van der Waals surface area contributed by atoms with Gasteiger partial charge in [-0.25, -0.2) is 4.68 Å². The predicted molar refractivity (Wildman–Crippen MR) is 83.2 cm³/mol. The lowest BCUT2D eigenvalue weighted by molar-refractivity contribution is 0.261. The Balaban J connectivity index is 1.70. The molecule has 0 saturated heterocycles. The standard InChI is InChI=1S/C17H23N3/c1-13-7-8-16(11-14(13)2)19-15-5-3-6-17(12-15)20-10-4-9-18-20/h3-6,9-10,12-14,16,19H,7-8,11H2,1-2H3. The highest BCUT2D eigenvalue weighted by atomic mass is 15.3. The van der Waals surface area contributed by atoms with Gasteiger partial charge in [0.25, 0.3) is 0 Å². The minimum absolute atomic E-state index is 0.606. The molecular weight excluding hydrogens is 246 g/mol. The molecule has 0 bridgehead atoms. The minimum atomic E-state index is 0.606. The molecule has 2 aromatic rings. The van der Waals surface area contributed by atoms with Gasteiger partial charge in [-0.05, 0) is 55.4 Å². The van der Waals surface area contributed by atoms with Gasteiger partial charge >= 0.3 is 0 Å². The molecule has 1 aromatic carbocycles. The Bertz CT molecular complexity index is 547. The summed E-state index contributed by atoms with van der Waals surface area (Å²) in [6, 6.07) is 11.1. The molecule has 1 aliphatic rings. The van der Waals surface area contributed by atoms with E-state index in [4.69, 9.17) is 0 Å². The van der Waals surface area contributed by atoms with E-state index in [1.54, 1.807) is 0 Å². The van der Waals surface area contributed by atoms with E-state index < -0.39 is 0 Å². The summed E-state index contributed by atoms with van der Waals surface area (Å²) in [5.41, 5.74) is 2.31. The Labute approximate surface area is 121 Å². The van der Waals surface area contributed by atoms with Crippen LogP contribution >= 0.6 is 0 Å². The maximum Gasteiger partial charge on any atom is 0.0666 e. The summed E-state index contributed by atoms with van der Waals surface area (Å²) < 4.78 is 1.90. The van der Waals surface area contributed by atoms with Gasteiger partial charge in [0.2, 0.25) is 0 Å². The number of aromatic nitrogens is 2. The molecule has 0 spiro atoms. The largest absolute Gasteiger partial charge is 0.382 e. The van der Waals surface area contributed by atoms with E-state index in [9.17, 15) is 0 Å². The van der Waals surface area contributed by atoms with Crippen molar-refractivity contribution in [3.05, 3.63) is 42.7 Å². The van der Waals surface area contributed by atoms with Gasteiger partial charge in [-0.2, -0.15) is 5.10 Å². The Hall–Kier alpha value is -1.77. The van der Waals surface area contributed by atoms with Crippen LogP contribution in [0.2, 0.25) is 0 Å². The summed E-state index contributed by atoms with van der Waals surface area (Å²) in [6.07, 6.45) is 7.66. The predicted octanol–water partition coefficient (Wildman–Crippen LogP) is 4.11. The fraction of sp³-hybridized carbons (Fsp3) is 0.471. The first-order valence-corrected chi connectivity index (χ1v) is 7.59. The highest BCUT2D eigenvalue weighted by molar-refractivity contribution is 5.51. The van der Waals surface area contributed by atoms with Crippen LogP contribution in [0.1, 0.15) is 33.1 Å². The van der Waals surface area contributed by atoms with Crippen molar-refractivity contribution in [3.8, 4) is 5.69 Å². The van der Waals surface area contributed by atoms with Crippen LogP contribution < -0.4 is 5.32 Å². The molecule has 0 amide bonds. The monoisotopic (exact) mass is 269 g/mol. The lowest BCUT2D eigenvalue weighted by atomic mass is 9.79. The van der Waals surface area contributed by atoms with E-state index in [-0.39, 0.29) is 0 Å². The van der Waals surface area contributed by atoms with Gasteiger partial charge in [0.1, 0.15) is 0 Å². The maximum absolute atomic E-state index is 4.29. The topological polar surface area (TPSA) is 29.9 Å². The van der Waals surface area contributed by atoms with Crippen LogP contribution in [0.3, 0.4) is 0 Å². The SMILES string of the molecule is CC1CCC(Nc2cccc(-n3cccn3)c2)CC1C. The molecule has 3 nitrogen and oxygen atoms in total. The van der Waals surface area contributed by atoms with Crippen molar-refractivity contribution in [1.29, 1.82) is 0 Å². The normalized spacial score (nSPS) is 26.4. The Morgan fingerprint density at radius 3 is 2.80 bits per heavy atom. The van der Waals surface area contributed by atoms with Crippen molar-refractivity contribution < 1.29 is 0 Å². The van der Waals surface area contributed by atoms with Crippen molar-refractivity contribution >= 4 is 5.69 Å². The molecule has 1 heterocycles. The zero-order chi connectivity index (χ0) is 13.9. The van der Waals surface area contributed by atoms with Crippen LogP contribution in [0, 0.1) is 11.8 Å². The molecule has 1 aromatic heterocycles. The summed E-state index contributed by atoms with van der Waals surface area (Å²) in [5.74, 6) is 1.68. The summed E-state index contributed by atoms with van der Waals surface area (Å²) in [6.45, 7) is 4.75. The van der Waals surface area contributed by atoms with E-state index >= 15 is 0 Å². The second-order valence-electron chi connectivity index (χ2n) is 6.11. The first-order valence-electron chi connectivity index (χ1n) is 7.59. The quantitative estimate of drug-likeness (QED) is 0.908. The molecule has 3 unspecified atom stereocenters. The van der Waals surface area contributed by atoms with Gasteiger partial charge in [0, 0.05) is 24.1 Å². The Morgan fingerprint density at radius 1 is 1.15 bits per heavy atom. The van der Waals surface area contributed by atoms with E-state index in [1.165, 1.54) is 24.9 Å². The van der Waals surface area contributed by atoms with Gasteiger partial charge in [0.15, 0.2) is 0 Å². The third-order valence-corrected chi connectivity index (χ3v) is 4.58. The summed E-state index contributed by atoms with van der Waals surface area (Å²) in [7, 11) is 0. The number of rotatable bonds is 3. The second-order valence-corrected chi connectivity index (χ2v) is 6.11. The van der Waals surface area contributed by atoms with Crippen molar-refractivity contribution in [2.45, 2.75) is 39.2 Å². The molecule has 0 aliphatic heterocycles. The molecule has 1 saturated carbocycles. The number of benzene rings is 1. The highest BCUT2D eigenvalue weighted by Crippen LogP contribution is 2.31. The van der Waals surface area contributed by atoms with Crippen molar-refractivity contribution in [1.82, 2.24) is 9.78 Å². The van der Waals surface area contributed by atoms with Crippen LogP contribution in [0.5, 0.6) is 0 Å². The van der Waals surface area contributed by atoms with E-state index in [0.29, 0.717) is 6.04 Å². The molecule has 3 heteroatoms. The van der Waals surface area contributed by atoms with Crippen molar-refractivity contribution in [3.63, 3.8) is 0 Å². The molecule has 3 rings (SSSR count). The summed E-state index contributed by atoms with van der Waals surface area (Å²) in [5, 5.41) is 7.98. The van der Waals surface area contributed by atoms with Crippen molar-refractivity contribution in [2.75, 3.05) is 5.32 Å². The van der Waals surface area contributed by atoms with Gasteiger partial charge in [0.05, 0.1) is 5.69 Å². The van der Waals surface area contributed by atoms with Gasteiger partial charge in [-0.3, -0.25) is 0 Å². The van der Waals surface area contributed by atoms with Crippen molar-refractivity contribution in [2.24, 2.45) is 11.8 Å². The number of anilines is 1. The van der Waals surface area contributed by atoms with Gasteiger partial charge < -0.3 is 5.32 Å². The molecule has 20 heavy (non-hydrogen) atoms. The molecule has 0 radical (unpaired) electrons. The zero-order valence-electron chi connectivity index (χ0n) is 12.3. The Morgan fingerprint density at radius 2 is 2.05 bits per heavy atom. The third kappa shape index (κ3) is 2.87. The zero-order valence-corrected chi connectivity index (χ0v) is 12.3. The fourth-order valence-electron chi connectivity index (χ4n) is 3.07. The number of nitrogens with one attached hydrogen (secondary N) is 1. The lowest BCUT2D eigenvalue weighted by Crippen LogP contribution is -2.30. The number of hydrogen-bond donors (Lipinski definition) is 1. The van der Waals surface area contributed by atoms with Crippen LogP contribution in [0.25, 0.3) is 5.69 Å². The molecule has 1 fully saturated rings. The third-order valence-electron chi connectivity index (χ3n) is 4.58. The van der Waals surface area contributed by atoms with Crippen LogP contribution in [0.15, 0.2) is 42.7 Å². The average molecular weight is 269 g/mol. The lowest BCUT2D eigenvalue weighted by Gasteiger charge is -2.33.